The van der Waals surface area contributed by atoms with E-state index in [-0.39, 0.29) is 17.9 Å². The van der Waals surface area contributed by atoms with Crippen LogP contribution in [0, 0.1) is 5.92 Å². The molecule has 3 fully saturated rings. The van der Waals surface area contributed by atoms with Crippen molar-refractivity contribution < 1.29 is 9.59 Å². The van der Waals surface area contributed by atoms with Gasteiger partial charge in [-0.2, -0.15) is 0 Å². The van der Waals surface area contributed by atoms with E-state index < -0.39 is 0 Å². The van der Waals surface area contributed by atoms with Gasteiger partial charge in [-0.05, 0) is 26.2 Å². The number of nitrogens with one attached hydrogen (secondary N) is 3. The maximum atomic E-state index is 12.5. The van der Waals surface area contributed by atoms with Gasteiger partial charge in [-0.25, -0.2) is 0 Å². The number of guanidine groups is 1. The summed E-state index contributed by atoms with van der Waals surface area (Å²) in [5.74, 6) is 1.62. The van der Waals surface area contributed by atoms with Crippen LogP contribution in [-0.4, -0.2) is 86.0 Å². The van der Waals surface area contributed by atoms with Gasteiger partial charge in [-0.3, -0.25) is 19.5 Å². The Morgan fingerprint density at radius 2 is 1.93 bits per heavy atom. The SMILES string of the molecule is CCNC(=NCCN1CCN(C(=O)C2CCCC2)CC1)NC1CCC(=O)NC1. The molecular formula is C20H36N6O2. The number of nitrogens with zero attached hydrogens (tertiary/aromatic N) is 3. The van der Waals surface area contributed by atoms with E-state index in [0.717, 1.165) is 71.0 Å². The summed E-state index contributed by atoms with van der Waals surface area (Å²) in [6, 6.07) is 0.237. The van der Waals surface area contributed by atoms with Crippen molar-refractivity contribution in [2.45, 2.75) is 51.5 Å². The van der Waals surface area contributed by atoms with Crippen LogP contribution in [0.15, 0.2) is 4.99 Å². The first-order valence-electron chi connectivity index (χ1n) is 11.0. The van der Waals surface area contributed by atoms with Gasteiger partial charge in [0, 0.05) is 64.2 Å². The lowest BCUT2D eigenvalue weighted by atomic mass is 10.1. The molecule has 2 amide bonds. The van der Waals surface area contributed by atoms with Crippen LogP contribution in [0.5, 0.6) is 0 Å². The van der Waals surface area contributed by atoms with Crippen LogP contribution in [0.2, 0.25) is 0 Å². The van der Waals surface area contributed by atoms with Gasteiger partial charge in [-0.15, -0.1) is 0 Å². The molecule has 3 N–H and O–H groups in total. The van der Waals surface area contributed by atoms with Crippen LogP contribution in [0.1, 0.15) is 45.4 Å². The molecule has 1 aliphatic carbocycles. The molecule has 0 bridgehead atoms. The Bertz CT molecular complexity index is 543. The van der Waals surface area contributed by atoms with Crippen molar-refractivity contribution in [3.8, 4) is 0 Å². The van der Waals surface area contributed by atoms with E-state index in [0.29, 0.717) is 18.9 Å². The Labute approximate surface area is 168 Å². The third-order valence-corrected chi connectivity index (χ3v) is 6.03. The van der Waals surface area contributed by atoms with Crippen molar-refractivity contribution in [2.24, 2.45) is 10.9 Å². The lowest BCUT2D eigenvalue weighted by Gasteiger charge is -2.35. The third kappa shape index (κ3) is 6.09. The van der Waals surface area contributed by atoms with Gasteiger partial charge in [0.05, 0.1) is 6.54 Å². The molecule has 0 radical (unpaired) electrons. The van der Waals surface area contributed by atoms with E-state index in [4.69, 9.17) is 4.99 Å². The summed E-state index contributed by atoms with van der Waals surface area (Å²) >= 11 is 0. The smallest absolute Gasteiger partial charge is 0.225 e. The average molecular weight is 393 g/mol. The molecule has 2 aliphatic heterocycles. The monoisotopic (exact) mass is 392 g/mol. The Kier molecular flexibility index (Phi) is 7.94. The molecule has 0 spiro atoms. The summed E-state index contributed by atoms with van der Waals surface area (Å²) in [5, 5.41) is 9.60. The van der Waals surface area contributed by atoms with Crippen molar-refractivity contribution >= 4 is 17.8 Å². The predicted octanol–water partition coefficient (Wildman–Crippen LogP) is 0.155. The topological polar surface area (TPSA) is 89.1 Å². The van der Waals surface area contributed by atoms with Crippen molar-refractivity contribution in [3.63, 3.8) is 0 Å². The van der Waals surface area contributed by atoms with Gasteiger partial charge in [0.1, 0.15) is 0 Å². The Morgan fingerprint density at radius 3 is 2.57 bits per heavy atom. The number of piperazine rings is 1. The van der Waals surface area contributed by atoms with E-state index in [1.807, 2.05) is 0 Å². The van der Waals surface area contributed by atoms with E-state index in [2.05, 4.69) is 32.7 Å². The lowest BCUT2D eigenvalue weighted by Crippen LogP contribution is -2.52. The Morgan fingerprint density at radius 1 is 1.18 bits per heavy atom. The second-order valence-corrected chi connectivity index (χ2v) is 8.09. The quantitative estimate of drug-likeness (QED) is 0.442. The normalized spacial score (nSPS) is 24.9. The summed E-state index contributed by atoms with van der Waals surface area (Å²) < 4.78 is 0. The highest BCUT2D eigenvalue weighted by Crippen LogP contribution is 2.26. The highest BCUT2D eigenvalue weighted by Gasteiger charge is 2.29. The zero-order valence-electron chi connectivity index (χ0n) is 17.2. The Balaban J connectivity index is 1.37. The van der Waals surface area contributed by atoms with Gasteiger partial charge in [0.15, 0.2) is 5.96 Å². The molecule has 2 heterocycles. The van der Waals surface area contributed by atoms with E-state index >= 15 is 0 Å². The summed E-state index contributed by atoms with van der Waals surface area (Å²) in [7, 11) is 0. The van der Waals surface area contributed by atoms with Gasteiger partial charge in [0.2, 0.25) is 11.8 Å². The number of aliphatic imine (C=N–C) groups is 1. The zero-order valence-corrected chi connectivity index (χ0v) is 17.2. The third-order valence-electron chi connectivity index (χ3n) is 6.03. The van der Waals surface area contributed by atoms with Gasteiger partial charge in [-0.1, -0.05) is 12.8 Å². The van der Waals surface area contributed by atoms with Crippen molar-refractivity contribution in [1.82, 2.24) is 25.8 Å². The molecule has 1 atom stereocenters. The minimum Gasteiger partial charge on any atom is -0.357 e. The molecule has 0 aromatic heterocycles. The first kappa shape index (κ1) is 20.9. The van der Waals surface area contributed by atoms with Crippen molar-refractivity contribution in [1.29, 1.82) is 0 Å². The number of carbonyl (C=O) groups excluding carboxylic acids is 2. The fraction of sp³-hybridized carbons (Fsp3) is 0.850. The highest BCUT2D eigenvalue weighted by molar-refractivity contribution is 5.81. The molecule has 8 heteroatoms. The second kappa shape index (κ2) is 10.6. The standard InChI is InChI=1S/C20H36N6O2/c1-2-21-20(24-17-7-8-18(27)23-15-17)22-9-10-25-11-13-26(14-12-25)19(28)16-5-3-4-6-16/h16-17H,2-15H2,1H3,(H,23,27)(H2,21,22,24). The molecule has 2 saturated heterocycles. The van der Waals surface area contributed by atoms with Gasteiger partial charge >= 0.3 is 0 Å². The first-order valence-corrected chi connectivity index (χ1v) is 11.0. The molecule has 1 unspecified atom stereocenters. The van der Waals surface area contributed by atoms with Crippen LogP contribution in [-0.2, 0) is 9.59 Å². The number of hydrogen-bond donors (Lipinski definition) is 3. The molecule has 3 rings (SSSR count). The van der Waals surface area contributed by atoms with Crippen LogP contribution in [0.25, 0.3) is 0 Å². The van der Waals surface area contributed by atoms with Crippen molar-refractivity contribution in [2.75, 3.05) is 52.4 Å². The second-order valence-electron chi connectivity index (χ2n) is 8.09. The number of amides is 2. The first-order chi connectivity index (χ1) is 13.7. The number of hydrogen-bond acceptors (Lipinski definition) is 4. The average Bonchev–Trinajstić information content (AvgIpc) is 3.25. The van der Waals surface area contributed by atoms with E-state index in [9.17, 15) is 9.59 Å². The fourth-order valence-electron chi connectivity index (χ4n) is 4.30. The molecule has 1 saturated carbocycles. The van der Waals surface area contributed by atoms with Crippen LogP contribution < -0.4 is 16.0 Å². The highest BCUT2D eigenvalue weighted by atomic mass is 16.2. The predicted molar refractivity (Wildman–Crippen MR) is 110 cm³/mol. The summed E-state index contributed by atoms with van der Waals surface area (Å²) in [6.07, 6.45) is 6.00. The van der Waals surface area contributed by atoms with E-state index in [1.165, 1.54) is 12.8 Å². The minimum atomic E-state index is 0.130. The molecule has 0 aromatic rings. The van der Waals surface area contributed by atoms with Crippen LogP contribution in [0.3, 0.4) is 0 Å². The maximum absolute atomic E-state index is 12.5. The molecule has 158 valence electrons. The number of rotatable bonds is 6. The van der Waals surface area contributed by atoms with E-state index in [1.54, 1.807) is 0 Å². The summed E-state index contributed by atoms with van der Waals surface area (Å²) in [6.45, 7) is 8.72. The minimum absolute atomic E-state index is 0.130. The lowest BCUT2D eigenvalue weighted by molar-refractivity contribution is -0.137. The largest absolute Gasteiger partial charge is 0.357 e. The van der Waals surface area contributed by atoms with Crippen LogP contribution in [0.4, 0.5) is 0 Å². The summed E-state index contributed by atoms with van der Waals surface area (Å²) in [5.41, 5.74) is 0. The summed E-state index contributed by atoms with van der Waals surface area (Å²) in [4.78, 5) is 33.0. The van der Waals surface area contributed by atoms with Gasteiger partial charge in [0.25, 0.3) is 0 Å². The molecule has 0 aromatic carbocycles. The zero-order chi connectivity index (χ0) is 19.8. The van der Waals surface area contributed by atoms with Crippen LogP contribution >= 0.6 is 0 Å². The number of piperidine rings is 1. The molecular weight excluding hydrogens is 356 g/mol. The maximum Gasteiger partial charge on any atom is 0.225 e. The van der Waals surface area contributed by atoms with Gasteiger partial charge < -0.3 is 20.9 Å². The molecule has 28 heavy (non-hydrogen) atoms. The molecule has 8 nitrogen and oxygen atoms in total. The van der Waals surface area contributed by atoms with Crippen molar-refractivity contribution in [3.05, 3.63) is 0 Å². The molecule has 3 aliphatic rings. The Hall–Kier alpha value is -1.83. The fourth-order valence-corrected chi connectivity index (χ4v) is 4.30. The number of carbonyl (C=O) groups is 2.